The summed E-state index contributed by atoms with van der Waals surface area (Å²) in [5.41, 5.74) is 6.06. The molecule has 0 radical (unpaired) electrons. The van der Waals surface area contributed by atoms with Gasteiger partial charge >= 0.3 is 5.97 Å². The van der Waals surface area contributed by atoms with E-state index in [2.05, 4.69) is 4.74 Å². The molecule has 0 aliphatic carbocycles. The molecule has 5 heteroatoms. The summed E-state index contributed by atoms with van der Waals surface area (Å²) in [4.78, 5) is 22.9. The van der Waals surface area contributed by atoms with E-state index in [4.69, 9.17) is 10.5 Å². The summed E-state index contributed by atoms with van der Waals surface area (Å²) in [6.07, 6.45) is 0.690. The van der Waals surface area contributed by atoms with Crippen LogP contribution in [0.15, 0.2) is 18.2 Å². The zero-order chi connectivity index (χ0) is 13.5. The average Bonchev–Trinajstić information content (AvgIpc) is 2.38. The standard InChI is InChI=1S/C13H17NO4/c1-9(15)10-4-5-12(18-7-3-6-14)11(8-10)13(16)17-2/h4-5,8H,3,6-7,14H2,1-2H3. The number of carbonyl (C=O) groups is 2. The minimum Gasteiger partial charge on any atom is -0.493 e. The number of carbonyl (C=O) groups excluding carboxylic acids is 2. The van der Waals surface area contributed by atoms with Crippen molar-refractivity contribution in [2.24, 2.45) is 5.73 Å². The molecule has 0 aliphatic heterocycles. The molecule has 0 spiro atoms. The summed E-state index contributed by atoms with van der Waals surface area (Å²) >= 11 is 0. The van der Waals surface area contributed by atoms with E-state index in [1.165, 1.54) is 20.1 Å². The van der Waals surface area contributed by atoms with Gasteiger partial charge < -0.3 is 15.2 Å². The van der Waals surface area contributed by atoms with Crippen molar-refractivity contribution in [3.05, 3.63) is 29.3 Å². The predicted octanol–water partition coefficient (Wildman–Crippen LogP) is 1.40. The van der Waals surface area contributed by atoms with Gasteiger partial charge in [-0.3, -0.25) is 4.79 Å². The Morgan fingerprint density at radius 1 is 1.33 bits per heavy atom. The molecule has 1 aromatic carbocycles. The quantitative estimate of drug-likeness (QED) is 0.469. The van der Waals surface area contributed by atoms with E-state index < -0.39 is 5.97 Å². The highest BCUT2D eigenvalue weighted by Crippen LogP contribution is 2.21. The van der Waals surface area contributed by atoms with Crippen LogP contribution in [0, 0.1) is 0 Å². The van der Waals surface area contributed by atoms with Crippen LogP contribution < -0.4 is 10.5 Å². The molecule has 0 aromatic heterocycles. The van der Waals surface area contributed by atoms with Crippen molar-refractivity contribution in [3.8, 4) is 5.75 Å². The van der Waals surface area contributed by atoms with E-state index in [0.29, 0.717) is 30.9 Å². The lowest BCUT2D eigenvalue weighted by molar-refractivity contribution is 0.0596. The Balaban J connectivity index is 3.01. The molecule has 0 saturated heterocycles. The highest BCUT2D eigenvalue weighted by molar-refractivity contribution is 5.99. The zero-order valence-electron chi connectivity index (χ0n) is 10.6. The van der Waals surface area contributed by atoms with Crippen molar-refractivity contribution < 1.29 is 19.1 Å². The Hall–Kier alpha value is -1.88. The molecule has 0 heterocycles. The number of Topliss-reactive ketones (excluding diaryl/α,β-unsaturated/α-hetero) is 1. The smallest absolute Gasteiger partial charge is 0.341 e. The fourth-order valence-electron chi connectivity index (χ4n) is 1.41. The van der Waals surface area contributed by atoms with Crippen LogP contribution in [-0.2, 0) is 4.74 Å². The molecule has 2 N–H and O–H groups in total. The lowest BCUT2D eigenvalue weighted by atomic mass is 10.1. The van der Waals surface area contributed by atoms with E-state index in [0.717, 1.165) is 0 Å². The fourth-order valence-corrected chi connectivity index (χ4v) is 1.41. The number of hydrogen-bond donors (Lipinski definition) is 1. The fraction of sp³-hybridized carbons (Fsp3) is 0.385. The lowest BCUT2D eigenvalue weighted by Gasteiger charge is -2.10. The first-order valence-corrected chi connectivity index (χ1v) is 5.66. The van der Waals surface area contributed by atoms with Crippen LogP contribution in [0.2, 0.25) is 0 Å². The first kappa shape index (κ1) is 14.2. The molecule has 0 amide bonds. The van der Waals surface area contributed by atoms with Crippen LogP contribution in [-0.4, -0.2) is 32.0 Å². The summed E-state index contributed by atoms with van der Waals surface area (Å²) in [5, 5.41) is 0. The summed E-state index contributed by atoms with van der Waals surface area (Å²) < 4.78 is 10.1. The van der Waals surface area contributed by atoms with E-state index in [1.54, 1.807) is 12.1 Å². The van der Waals surface area contributed by atoms with E-state index in [1.807, 2.05) is 0 Å². The molecule has 0 atom stereocenters. The van der Waals surface area contributed by atoms with Crippen molar-refractivity contribution >= 4 is 11.8 Å². The van der Waals surface area contributed by atoms with Crippen molar-refractivity contribution in [1.82, 2.24) is 0 Å². The van der Waals surface area contributed by atoms with Gasteiger partial charge in [0.05, 0.1) is 13.7 Å². The number of hydrogen-bond acceptors (Lipinski definition) is 5. The first-order chi connectivity index (χ1) is 8.60. The van der Waals surface area contributed by atoms with Gasteiger partial charge in [0.1, 0.15) is 11.3 Å². The van der Waals surface area contributed by atoms with Gasteiger partial charge in [-0.15, -0.1) is 0 Å². The Kier molecular flexibility index (Phi) is 5.32. The summed E-state index contributed by atoms with van der Waals surface area (Å²) in [6.45, 7) is 2.37. The third-order valence-corrected chi connectivity index (χ3v) is 2.40. The zero-order valence-corrected chi connectivity index (χ0v) is 10.6. The monoisotopic (exact) mass is 251 g/mol. The van der Waals surface area contributed by atoms with Crippen LogP contribution in [0.4, 0.5) is 0 Å². The molecule has 0 bridgehead atoms. The van der Waals surface area contributed by atoms with Gasteiger partial charge in [0.2, 0.25) is 0 Å². The van der Waals surface area contributed by atoms with Crippen LogP contribution >= 0.6 is 0 Å². The molecule has 0 aliphatic rings. The second kappa shape index (κ2) is 6.76. The van der Waals surface area contributed by atoms with Crippen molar-refractivity contribution in [1.29, 1.82) is 0 Å². The van der Waals surface area contributed by atoms with Crippen LogP contribution in [0.25, 0.3) is 0 Å². The Morgan fingerprint density at radius 2 is 2.06 bits per heavy atom. The van der Waals surface area contributed by atoms with Gasteiger partial charge in [-0.2, -0.15) is 0 Å². The molecular formula is C13H17NO4. The summed E-state index contributed by atoms with van der Waals surface area (Å²) in [5.74, 6) is -0.241. The minimum absolute atomic E-state index is 0.117. The van der Waals surface area contributed by atoms with Crippen molar-refractivity contribution in [3.63, 3.8) is 0 Å². The summed E-state index contributed by atoms with van der Waals surface area (Å²) in [6, 6.07) is 4.69. The van der Waals surface area contributed by atoms with Gasteiger partial charge in [-0.25, -0.2) is 4.79 Å². The normalized spacial score (nSPS) is 9.94. The summed E-state index contributed by atoms with van der Waals surface area (Å²) in [7, 11) is 1.28. The maximum absolute atomic E-state index is 11.6. The van der Waals surface area contributed by atoms with Crippen LogP contribution in [0.5, 0.6) is 5.75 Å². The Labute approximate surface area is 106 Å². The molecule has 98 valence electrons. The van der Waals surface area contributed by atoms with Crippen LogP contribution in [0.1, 0.15) is 34.1 Å². The number of ether oxygens (including phenoxy) is 2. The van der Waals surface area contributed by atoms with E-state index in [-0.39, 0.29) is 11.3 Å². The van der Waals surface area contributed by atoms with E-state index >= 15 is 0 Å². The molecule has 1 aromatic rings. The van der Waals surface area contributed by atoms with Gasteiger partial charge in [-0.1, -0.05) is 0 Å². The molecule has 0 unspecified atom stereocenters. The molecule has 0 fully saturated rings. The topological polar surface area (TPSA) is 78.6 Å². The molecule has 0 saturated carbocycles. The maximum Gasteiger partial charge on any atom is 0.341 e. The van der Waals surface area contributed by atoms with Gasteiger partial charge in [-0.05, 0) is 38.1 Å². The number of rotatable bonds is 6. The number of nitrogens with two attached hydrogens (primary N) is 1. The SMILES string of the molecule is COC(=O)c1cc(C(C)=O)ccc1OCCCN. The Morgan fingerprint density at radius 3 is 2.61 bits per heavy atom. The van der Waals surface area contributed by atoms with Gasteiger partial charge in [0, 0.05) is 5.56 Å². The van der Waals surface area contributed by atoms with E-state index in [9.17, 15) is 9.59 Å². The second-order valence-electron chi connectivity index (χ2n) is 3.75. The third-order valence-electron chi connectivity index (χ3n) is 2.40. The first-order valence-electron chi connectivity index (χ1n) is 5.66. The Bertz CT molecular complexity index is 443. The molecule has 1 rings (SSSR count). The minimum atomic E-state index is -0.527. The second-order valence-corrected chi connectivity index (χ2v) is 3.75. The highest BCUT2D eigenvalue weighted by Gasteiger charge is 2.15. The average molecular weight is 251 g/mol. The van der Waals surface area contributed by atoms with Crippen molar-refractivity contribution in [2.45, 2.75) is 13.3 Å². The number of benzene rings is 1. The van der Waals surface area contributed by atoms with Crippen molar-refractivity contribution in [2.75, 3.05) is 20.3 Å². The lowest BCUT2D eigenvalue weighted by Crippen LogP contribution is -2.10. The predicted molar refractivity (Wildman–Crippen MR) is 67.0 cm³/mol. The largest absolute Gasteiger partial charge is 0.493 e. The number of ketones is 1. The van der Waals surface area contributed by atoms with Crippen LogP contribution in [0.3, 0.4) is 0 Å². The maximum atomic E-state index is 11.6. The molecular weight excluding hydrogens is 234 g/mol. The molecule has 5 nitrogen and oxygen atoms in total. The number of esters is 1. The number of methoxy groups -OCH3 is 1. The van der Waals surface area contributed by atoms with Gasteiger partial charge in [0.25, 0.3) is 0 Å². The van der Waals surface area contributed by atoms with Gasteiger partial charge in [0.15, 0.2) is 5.78 Å². The molecule has 18 heavy (non-hydrogen) atoms. The third kappa shape index (κ3) is 3.56. The highest BCUT2D eigenvalue weighted by atomic mass is 16.5.